The highest BCUT2D eigenvalue weighted by Gasteiger charge is 2.37. The van der Waals surface area contributed by atoms with Crippen molar-refractivity contribution in [3.63, 3.8) is 0 Å². The molecule has 1 aliphatic carbocycles. The second-order valence-electron chi connectivity index (χ2n) is 6.59. The van der Waals surface area contributed by atoms with E-state index in [1.54, 1.807) is 0 Å². The Balaban J connectivity index is 1.93. The Bertz CT molecular complexity index is 255. The van der Waals surface area contributed by atoms with Crippen LogP contribution in [0.25, 0.3) is 0 Å². The van der Waals surface area contributed by atoms with Crippen molar-refractivity contribution in [2.45, 2.75) is 52.1 Å². The minimum absolute atomic E-state index is 0.318. The zero-order valence-corrected chi connectivity index (χ0v) is 11.6. The van der Waals surface area contributed by atoms with Crippen molar-refractivity contribution in [1.29, 1.82) is 0 Å². The molecule has 17 heavy (non-hydrogen) atoms. The molecule has 1 aliphatic heterocycles. The molecule has 2 N–H and O–H groups in total. The van der Waals surface area contributed by atoms with Crippen molar-refractivity contribution in [2.75, 3.05) is 26.3 Å². The summed E-state index contributed by atoms with van der Waals surface area (Å²) >= 11 is 0. The van der Waals surface area contributed by atoms with Crippen LogP contribution in [0.2, 0.25) is 0 Å². The fourth-order valence-corrected chi connectivity index (χ4v) is 3.34. The molecule has 1 saturated heterocycles. The molecule has 0 aromatic rings. The number of rotatable bonds is 2. The van der Waals surface area contributed by atoms with Crippen LogP contribution in [0.3, 0.4) is 0 Å². The molecular formula is C14H28N2O. The van der Waals surface area contributed by atoms with Gasteiger partial charge >= 0.3 is 0 Å². The van der Waals surface area contributed by atoms with Crippen molar-refractivity contribution in [1.82, 2.24) is 4.90 Å². The van der Waals surface area contributed by atoms with Gasteiger partial charge in [-0.15, -0.1) is 0 Å². The highest BCUT2D eigenvalue weighted by atomic mass is 16.5. The van der Waals surface area contributed by atoms with E-state index in [4.69, 9.17) is 10.5 Å². The van der Waals surface area contributed by atoms with Crippen LogP contribution in [0.15, 0.2) is 0 Å². The summed E-state index contributed by atoms with van der Waals surface area (Å²) in [4.78, 5) is 2.56. The normalized spacial score (nSPS) is 39.2. The molecule has 0 aromatic heterocycles. The molecule has 3 atom stereocenters. The molecule has 1 heterocycles. The highest BCUT2D eigenvalue weighted by Crippen LogP contribution is 2.38. The fraction of sp³-hybridized carbons (Fsp3) is 1.00. The van der Waals surface area contributed by atoms with Crippen LogP contribution >= 0.6 is 0 Å². The molecule has 0 aromatic carbocycles. The Morgan fingerprint density at radius 3 is 2.88 bits per heavy atom. The van der Waals surface area contributed by atoms with Gasteiger partial charge in [0.15, 0.2) is 0 Å². The van der Waals surface area contributed by atoms with Gasteiger partial charge in [0.25, 0.3) is 0 Å². The minimum atomic E-state index is 0.318. The maximum Gasteiger partial charge on any atom is 0.0619 e. The van der Waals surface area contributed by atoms with Crippen LogP contribution < -0.4 is 5.73 Å². The number of hydrogen-bond donors (Lipinski definition) is 1. The number of morpholine rings is 1. The lowest BCUT2D eigenvalue weighted by atomic mass is 9.68. The minimum Gasteiger partial charge on any atom is -0.379 e. The largest absolute Gasteiger partial charge is 0.379 e. The van der Waals surface area contributed by atoms with Gasteiger partial charge in [-0.3, -0.25) is 4.90 Å². The summed E-state index contributed by atoms with van der Waals surface area (Å²) in [7, 11) is 0. The fourth-order valence-electron chi connectivity index (χ4n) is 3.34. The number of ether oxygens (including phenoxy) is 1. The Labute approximate surface area is 106 Å². The van der Waals surface area contributed by atoms with Crippen LogP contribution in [-0.2, 0) is 4.74 Å². The van der Waals surface area contributed by atoms with Crippen LogP contribution in [0.4, 0.5) is 0 Å². The molecule has 2 aliphatic rings. The Hall–Kier alpha value is -0.120. The van der Waals surface area contributed by atoms with Crippen LogP contribution in [0, 0.1) is 11.3 Å². The summed E-state index contributed by atoms with van der Waals surface area (Å²) in [5, 5.41) is 0. The Morgan fingerprint density at radius 2 is 2.18 bits per heavy atom. The van der Waals surface area contributed by atoms with Gasteiger partial charge in [-0.1, -0.05) is 20.3 Å². The van der Waals surface area contributed by atoms with E-state index in [9.17, 15) is 0 Å². The first-order chi connectivity index (χ1) is 8.00. The summed E-state index contributed by atoms with van der Waals surface area (Å²) in [5.74, 6) is 0.666. The van der Waals surface area contributed by atoms with E-state index in [1.807, 2.05) is 0 Å². The number of nitrogens with two attached hydrogens (primary N) is 1. The van der Waals surface area contributed by atoms with Crippen LogP contribution in [0.1, 0.15) is 40.0 Å². The first kappa shape index (κ1) is 13.3. The monoisotopic (exact) mass is 240 g/mol. The summed E-state index contributed by atoms with van der Waals surface area (Å²) in [6.07, 6.45) is 3.92. The molecule has 0 spiro atoms. The molecule has 3 nitrogen and oxygen atoms in total. The van der Waals surface area contributed by atoms with Gasteiger partial charge in [-0.25, -0.2) is 0 Å². The van der Waals surface area contributed by atoms with E-state index in [1.165, 1.54) is 19.3 Å². The number of nitrogens with zero attached hydrogens (tertiary/aromatic N) is 1. The summed E-state index contributed by atoms with van der Waals surface area (Å²) in [6, 6.07) is 0.910. The summed E-state index contributed by atoms with van der Waals surface area (Å²) in [5.41, 5.74) is 6.78. The van der Waals surface area contributed by atoms with Gasteiger partial charge in [-0.2, -0.15) is 0 Å². The van der Waals surface area contributed by atoms with Gasteiger partial charge in [-0.05, 0) is 31.1 Å². The molecule has 100 valence electrons. The van der Waals surface area contributed by atoms with E-state index in [2.05, 4.69) is 25.7 Å². The first-order valence-electron chi connectivity index (χ1n) is 7.08. The van der Waals surface area contributed by atoms with Crippen molar-refractivity contribution in [3.05, 3.63) is 0 Å². The summed E-state index contributed by atoms with van der Waals surface area (Å²) < 4.78 is 5.50. The first-order valence-corrected chi connectivity index (χ1v) is 7.08. The van der Waals surface area contributed by atoms with Gasteiger partial charge in [0, 0.05) is 25.2 Å². The molecular weight excluding hydrogens is 212 g/mol. The van der Waals surface area contributed by atoms with Gasteiger partial charge < -0.3 is 10.5 Å². The molecule has 1 saturated carbocycles. The molecule has 0 radical (unpaired) electrons. The van der Waals surface area contributed by atoms with E-state index >= 15 is 0 Å². The quantitative estimate of drug-likeness (QED) is 0.800. The predicted octanol–water partition coefficient (Wildman–Crippen LogP) is 1.86. The molecule has 3 heteroatoms. The van der Waals surface area contributed by atoms with E-state index in [0.717, 1.165) is 26.3 Å². The second-order valence-corrected chi connectivity index (χ2v) is 6.59. The average molecular weight is 240 g/mol. The third-order valence-electron chi connectivity index (χ3n) is 4.78. The van der Waals surface area contributed by atoms with Gasteiger partial charge in [0.1, 0.15) is 0 Å². The van der Waals surface area contributed by atoms with Crippen LogP contribution in [-0.4, -0.2) is 43.3 Å². The average Bonchev–Trinajstić information content (AvgIpc) is 2.28. The number of hydrogen-bond acceptors (Lipinski definition) is 3. The van der Waals surface area contributed by atoms with Crippen molar-refractivity contribution in [2.24, 2.45) is 17.1 Å². The maximum atomic E-state index is 6.46. The smallest absolute Gasteiger partial charge is 0.0619 e. The van der Waals surface area contributed by atoms with Crippen molar-refractivity contribution >= 4 is 0 Å². The summed E-state index contributed by atoms with van der Waals surface area (Å²) in [6.45, 7) is 10.9. The molecule has 2 fully saturated rings. The van der Waals surface area contributed by atoms with E-state index in [-0.39, 0.29) is 0 Å². The topological polar surface area (TPSA) is 38.5 Å². The third-order valence-corrected chi connectivity index (χ3v) is 4.78. The Kier molecular flexibility index (Phi) is 4.11. The van der Waals surface area contributed by atoms with E-state index < -0.39 is 0 Å². The second kappa shape index (κ2) is 5.25. The molecule has 0 bridgehead atoms. The maximum absolute atomic E-state index is 6.46. The standard InChI is InChI=1S/C14H28N2O/c1-11-10-17-8-7-16(11)9-12-5-4-6-14(2,3)13(12)15/h11-13H,4-10,15H2,1-3H3. The van der Waals surface area contributed by atoms with Crippen molar-refractivity contribution in [3.8, 4) is 0 Å². The molecule has 0 amide bonds. The van der Waals surface area contributed by atoms with Gasteiger partial charge in [0.2, 0.25) is 0 Å². The Morgan fingerprint density at radius 1 is 1.41 bits per heavy atom. The predicted molar refractivity (Wildman–Crippen MR) is 71.0 cm³/mol. The lowest BCUT2D eigenvalue weighted by Gasteiger charge is -2.45. The zero-order valence-electron chi connectivity index (χ0n) is 11.6. The van der Waals surface area contributed by atoms with Gasteiger partial charge in [0.05, 0.1) is 13.2 Å². The SMILES string of the molecule is CC1COCCN1CC1CCCC(C)(C)C1N. The zero-order chi connectivity index (χ0) is 12.5. The van der Waals surface area contributed by atoms with E-state index in [0.29, 0.717) is 23.4 Å². The highest BCUT2D eigenvalue weighted by molar-refractivity contribution is 4.93. The lowest BCUT2D eigenvalue weighted by molar-refractivity contribution is -0.0174. The lowest BCUT2D eigenvalue weighted by Crippen LogP contribution is -2.53. The van der Waals surface area contributed by atoms with Crippen LogP contribution in [0.5, 0.6) is 0 Å². The third kappa shape index (κ3) is 3.01. The van der Waals surface area contributed by atoms with Crippen molar-refractivity contribution < 1.29 is 4.74 Å². The molecule has 3 unspecified atom stereocenters. The molecule has 2 rings (SSSR count).